The van der Waals surface area contributed by atoms with E-state index in [1.807, 2.05) is 12.1 Å². The van der Waals surface area contributed by atoms with E-state index in [-0.39, 0.29) is 0 Å². The first-order valence-corrected chi connectivity index (χ1v) is 7.89. The highest BCUT2D eigenvalue weighted by Gasteiger charge is 2.10. The van der Waals surface area contributed by atoms with Crippen LogP contribution < -0.4 is 5.32 Å². The molecule has 0 unspecified atom stereocenters. The van der Waals surface area contributed by atoms with Crippen LogP contribution in [0.1, 0.15) is 24.8 Å². The van der Waals surface area contributed by atoms with E-state index in [0.29, 0.717) is 0 Å². The standard InChI is InChI=1S/C16H22ClN3/c17-14-4-5-15-13(12-19-16(15)10-14)11-18-6-3-9-20-7-1-2-8-20/h4-5,10,12,18-19H,1-3,6-9,11H2. The highest BCUT2D eigenvalue weighted by Crippen LogP contribution is 2.21. The molecule has 108 valence electrons. The number of fused-ring (bicyclic) bond motifs is 1. The van der Waals surface area contributed by atoms with Gasteiger partial charge in [-0.15, -0.1) is 0 Å². The van der Waals surface area contributed by atoms with Gasteiger partial charge in [-0.1, -0.05) is 17.7 Å². The van der Waals surface area contributed by atoms with Crippen molar-refractivity contribution in [2.45, 2.75) is 25.8 Å². The van der Waals surface area contributed by atoms with E-state index in [1.165, 1.54) is 49.8 Å². The zero-order valence-corrected chi connectivity index (χ0v) is 12.5. The average molecular weight is 292 g/mol. The van der Waals surface area contributed by atoms with Crippen LogP contribution in [0.15, 0.2) is 24.4 Å². The fraction of sp³-hybridized carbons (Fsp3) is 0.500. The normalized spacial score (nSPS) is 16.2. The zero-order valence-electron chi connectivity index (χ0n) is 11.8. The molecule has 3 rings (SSSR count). The summed E-state index contributed by atoms with van der Waals surface area (Å²) in [6, 6.07) is 6.03. The summed E-state index contributed by atoms with van der Waals surface area (Å²) in [7, 11) is 0. The summed E-state index contributed by atoms with van der Waals surface area (Å²) in [6.07, 6.45) is 6.07. The largest absolute Gasteiger partial charge is 0.361 e. The van der Waals surface area contributed by atoms with Gasteiger partial charge in [-0.3, -0.25) is 0 Å². The number of hydrogen-bond donors (Lipinski definition) is 2. The third kappa shape index (κ3) is 3.35. The van der Waals surface area contributed by atoms with E-state index in [4.69, 9.17) is 11.6 Å². The molecule has 0 spiro atoms. The first kappa shape index (κ1) is 13.9. The third-order valence-corrected chi connectivity index (χ3v) is 4.31. The first-order chi connectivity index (χ1) is 9.83. The van der Waals surface area contributed by atoms with E-state index in [2.05, 4.69) is 27.5 Å². The van der Waals surface area contributed by atoms with Gasteiger partial charge in [0.2, 0.25) is 0 Å². The number of aromatic amines is 1. The number of hydrogen-bond acceptors (Lipinski definition) is 2. The van der Waals surface area contributed by atoms with Crippen molar-refractivity contribution in [2.75, 3.05) is 26.2 Å². The van der Waals surface area contributed by atoms with Crippen LogP contribution in [-0.2, 0) is 6.54 Å². The minimum absolute atomic E-state index is 0.782. The van der Waals surface area contributed by atoms with Crippen LogP contribution in [0.2, 0.25) is 5.02 Å². The SMILES string of the molecule is Clc1ccc2c(CNCCCN3CCCC3)c[nH]c2c1. The van der Waals surface area contributed by atoms with Crippen LogP contribution in [0.4, 0.5) is 0 Å². The number of aromatic nitrogens is 1. The van der Waals surface area contributed by atoms with Crippen LogP contribution in [0.3, 0.4) is 0 Å². The minimum atomic E-state index is 0.782. The third-order valence-electron chi connectivity index (χ3n) is 4.07. The molecule has 0 aliphatic carbocycles. The van der Waals surface area contributed by atoms with Gasteiger partial charge in [-0.2, -0.15) is 0 Å². The molecule has 2 aromatic rings. The molecule has 3 nitrogen and oxygen atoms in total. The van der Waals surface area contributed by atoms with Crippen molar-refractivity contribution in [1.82, 2.24) is 15.2 Å². The van der Waals surface area contributed by atoms with Crippen molar-refractivity contribution >= 4 is 22.5 Å². The van der Waals surface area contributed by atoms with Gasteiger partial charge in [0.15, 0.2) is 0 Å². The molecule has 0 amide bonds. The molecule has 1 aromatic carbocycles. The molecule has 1 fully saturated rings. The molecular weight excluding hydrogens is 270 g/mol. The van der Waals surface area contributed by atoms with Gasteiger partial charge in [-0.25, -0.2) is 0 Å². The highest BCUT2D eigenvalue weighted by molar-refractivity contribution is 6.31. The number of halogens is 1. The second kappa shape index (κ2) is 6.61. The van der Waals surface area contributed by atoms with Crippen molar-refractivity contribution in [3.8, 4) is 0 Å². The average Bonchev–Trinajstić information content (AvgIpc) is 3.08. The summed E-state index contributed by atoms with van der Waals surface area (Å²) >= 11 is 6.00. The molecule has 2 N–H and O–H groups in total. The lowest BCUT2D eigenvalue weighted by Gasteiger charge is -2.14. The lowest BCUT2D eigenvalue weighted by Crippen LogP contribution is -2.24. The summed E-state index contributed by atoms with van der Waals surface area (Å²) < 4.78 is 0. The molecular formula is C16H22ClN3. The summed E-state index contributed by atoms with van der Waals surface area (Å²) in [4.78, 5) is 5.85. The van der Waals surface area contributed by atoms with Gasteiger partial charge in [0, 0.05) is 28.7 Å². The van der Waals surface area contributed by atoms with Gasteiger partial charge in [0.05, 0.1) is 0 Å². The molecule has 1 aromatic heterocycles. The van der Waals surface area contributed by atoms with E-state index in [0.717, 1.165) is 23.6 Å². The van der Waals surface area contributed by atoms with Gasteiger partial charge < -0.3 is 15.2 Å². The molecule has 0 radical (unpaired) electrons. The predicted molar refractivity (Wildman–Crippen MR) is 85.3 cm³/mol. The molecule has 0 atom stereocenters. The van der Waals surface area contributed by atoms with Crippen molar-refractivity contribution in [2.24, 2.45) is 0 Å². The second-order valence-electron chi connectivity index (χ2n) is 5.58. The summed E-state index contributed by atoms with van der Waals surface area (Å²) in [5.41, 5.74) is 2.43. The van der Waals surface area contributed by atoms with Gasteiger partial charge in [-0.05, 0) is 63.1 Å². The van der Waals surface area contributed by atoms with E-state index in [1.54, 1.807) is 0 Å². The van der Waals surface area contributed by atoms with Crippen molar-refractivity contribution in [3.63, 3.8) is 0 Å². The van der Waals surface area contributed by atoms with Gasteiger partial charge >= 0.3 is 0 Å². The summed E-state index contributed by atoms with van der Waals surface area (Å²) in [5.74, 6) is 0. The van der Waals surface area contributed by atoms with Crippen LogP contribution in [0.5, 0.6) is 0 Å². The number of nitrogens with one attached hydrogen (secondary N) is 2. The fourth-order valence-electron chi connectivity index (χ4n) is 2.96. The molecule has 1 aliphatic rings. The van der Waals surface area contributed by atoms with Crippen molar-refractivity contribution in [1.29, 1.82) is 0 Å². The van der Waals surface area contributed by atoms with E-state index < -0.39 is 0 Å². The Labute approximate surface area is 125 Å². The van der Waals surface area contributed by atoms with Crippen LogP contribution in [-0.4, -0.2) is 36.1 Å². The second-order valence-corrected chi connectivity index (χ2v) is 6.02. The first-order valence-electron chi connectivity index (χ1n) is 7.51. The van der Waals surface area contributed by atoms with E-state index >= 15 is 0 Å². The molecule has 1 aliphatic heterocycles. The van der Waals surface area contributed by atoms with Crippen molar-refractivity contribution in [3.05, 3.63) is 35.0 Å². The molecule has 1 saturated heterocycles. The topological polar surface area (TPSA) is 31.1 Å². The van der Waals surface area contributed by atoms with Crippen LogP contribution >= 0.6 is 11.6 Å². The smallest absolute Gasteiger partial charge is 0.0472 e. The van der Waals surface area contributed by atoms with Crippen LogP contribution in [0, 0.1) is 0 Å². The molecule has 2 heterocycles. The Balaban J connectivity index is 1.45. The molecule has 0 saturated carbocycles. The predicted octanol–water partition coefficient (Wildman–Crippen LogP) is 3.40. The highest BCUT2D eigenvalue weighted by atomic mass is 35.5. The van der Waals surface area contributed by atoms with Gasteiger partial charge in [0.25, 0.3) is 0 Å². The zero-order chi connectivity index (χ0) is 13.8. The molecule has 4 heteroatoms. The summed E-state index contributed by atoms with van der Waals surface area (Å²) in [6.45, 7) is 5.82. The molecule has 0 bridgehead atoms. The lowest BCUT2D eigenvalue weighted by atomic mass is 10.2. The van der Waals surface area contributed by atoms with E-state index in [9.17, 15) is 0 Å². The Bertz CT molecular complexity index is 558. The quantitative estimate of drug-likeness (QED) is 0.799. The Morgan fingerprint density at radius 3 is 2.95 bits per heavy atom. The Hall–Kier alpha value is -1.03. The number of nitrogens with zero attached hydrogens (tertiary/aromatic N) is 1. The van der Waals surface area contributed by atoms with Crippen LogP contribution in [0.25, 0.3) is 10.9 Å². The number of benzene rings is 1. The number of rotatable bonds is 6. The summed E-state index contributed by atoms with van der Waals surface area (Å²) in [5, 5.41) is 5.59. The minimum Gasteiger partial charge on any atom is -0.361 e. The Morgan fingerprint density at radius 2 is 2.10 bits per heavy atom. The number of likely N-dealkylation sites (tertiary alicyclic amines) is 1. The lowest BCUT2D eigenvalue weighted by molar-refractivity contribution is 0.331. The fourth-order valence-corrected chi connectivity index (χ4v) is 3.13. The maximum atomic E-state index is 6.00. The maximum absolute atomic E-state index is 6.00. The Morgan fingerprint density at radius 1 is 1.25 bits per heavy atom. The Kier molecular flexibility index (Phi) is 4.61. The van der Waals surface area contributed by atoms with Crippen molar-refractivity contribution < 1.29 is 0 Å². The number of H-pyrrole nitrogens is 1. The van der Waals surface area contributed by atoms with Gasteiger partial charge in [0.1, 0.15) is 0 Å². The maximum Gasteiger partial charge on any atom is 0.0472 e. The monoisotopic (exact) mass is 291 g/mol. The molecule has 20 heavy (non-hydrogen) atoms.